The molecular formula is C27H38N2O2. The number of likely N-dealkylation sites (N-methyl/N-ethyl adjacent to an activating group) is 1. The highest BCUT2D eigenvalue weighted by atomic mass is 16.2. The second-order valence-electron chi connectivity index (χ2n) is 9.04. The minimum Gasteiger partial charge on any atom is -0.354 e. The molecule has 0 aliphatic rings. The van der Waals surface area contributed by atoms with Gasteiger partial charge < -0.3 is 5.32 Å². The summed E-state index contributed by atoms with van der Waals surface area (Å²) in [6.07, 6.45) is 5.19. The van der Waals surface area contributed by atoms with E-state index in [1.165, 1.54) is 5.56 Å². The van der Waals surface area contributed by atoms with E-state index in [1.807, 2.05) is 44.3 Å². The van der Waals surface area contributed by atoms with Crippen molar-refractivity contribution in [2.24, 2.45) is 5.92 Å². The van der Waals surface area contributed by atoms with Gasteiger partial charge in [0.05, 0.1) is 5.54 Å². The second kappa shape index (κ2) is 12.4. The molecule has 0 radical (unpaired) electrons. The molecule has 0 saturated heterocycles. The third kappa shape index (κ3) is 7.62. The van der Waals surface area contributed by atoms with Crippen LogP contribution in [-0.2, 0) is 17.6 Å². The maximum absolute atomic E-state index is 13.3. The smallest absolute Gasteiger partial charge is 0.240 e. The van der Waals surface area contributed by atoms with Crippen molar-refractivity contribution < 1.29 is 9.59 Å². The number of nitrogens with one attached hydrogen (secondary N) is 1. The first kappa shape index (κ1) is 24.8. The van der Waals surface area contributed by atoms with E-state index in [0.29, 0.717) is 30.9 Å². The Balaban J connectivity index is 2.07. The van der Waals surface area contributed by atoms with E-state index in [0.717, 1.165) is 37.7 Å². The predicted molar refractivity (Wildman–Crippen MR) is 128 cm³/mol. The summed E-state index contributed by atoms with van der Waals surface area (Å²) >= 11 is 0. The topological polar surface area (TPSA) is 49.4 Å². The van der Waals surface area contributed by atoms with Crippen LogP contribution in [-0.4, -0.2) is 42.8 Å². The summed E-state index contributed by atoms with van der Waals surface area (Å²) < 4.78 is 0. The van der Waals surface area contributed by atoms with Crippen LogP contribution in [0.15, 0.2) is 54.6 Å². The number of carbonyl (C=O) groups is 2. The fraction of sp³-hybridized carbons (Fsp3) is 0.481. The Morgan fingerprint density at radius 2 is 1.74 bits per heavy atom. The summed E-state index contributed by atoms with van der Waals surface area (Å²) in [6, 6.07) is 18.1. The van der Waals surface area contributed by atoms with Gasteiger partial charge in [-0.3, -0.25) is 14.5 Å². The van der Waals surface area contributed by atoms with Gasteiger partial charge in [-0.2, -0.15) is 0 Å². The van der Waals surface area contributed by atoms with Crippen LogP contribution >= 0.6 is 0 Å². The maximum Gasteiger partial charge on any atom is 0.240 e. The Morgan fingerprint density at radius 3 is 2.42 bits per heavy atom. The van der Waals surface area contributed by atoms with E-state index in [1.54, 1.807) is 0 Å². The zero-order valence-electron chi connectivity index (χ0n) is 19.6. The summed E-state index contributed by atoms with van der Waals surface area (Å²) in [4.78, 5) is 26.9. The van der Waals surface area contributed by atoms with Crippen molar-refractivity contribution in [3.63, 3.8) is 0 Å². The SMILES string of the molecule is CC(C)CCNC(=O)C(C)(CCc1ccccc1C=O)N(C)CCCc1ccccc1. The molecule has 0 aliphatic carbocycles. The Bertz CT molecular complexity index is 819. The zero-order valence-corrected chi connectivity index (χ0v) is 19.6. The molecule has 4 nitrogen and oxygen atoms in total. The Hall–Kier alpha value is -2.46. The fourth-order valence-electron chi connectivity index (χ4n) is 3.81. The number of rotatable bonds is 13. The minimum absolute atomic E-state index is 0.0685. The monoisotopic (exact) mass is 422 g/mol. The number of carbonyl (C=O) groups excluding carboxylic acids is 2. The third-order valence-corrected chi connectivity index (χ3v) is 6.20. The molecule has 1 unspecified atom stereocenters. The van der Waals surface area contributed by atoms with Crippen molar-refractivity contribution in [1.29, 1.82) is 0 Å². The second-order valence-corrected chi connectivity index (χ2v) is 9.04. The summed E-state index contributed by atoms with van der Waals surface area (Å²) in [7, 11) is 2.04. The van der Waals surface area contributed by atoms with Gasteiger partial charge in [0, 0.05) is 12.1 Å². The highest BCUT2D eigenvalue weighted by Crippen LogP contribution is 2.23. The average molecular weight is 423 g/mol. The third-order valence-electron chi connectivity index (χ3n) is 6.20. The summed E-state index contributed by atoms with van der Waals surface area (Å²) in [5, 5.41) is 3.16. The highest BCUT2D eigenvalue weighted by molar-refractivity contribution is 5.86. The first-order valence-electron chi connectivity index (χ1n) is 11.4. The number of benzene rings is 2. The van der Waals surface area contributed by atoms with Crippen LogP contribution in [0.4, 0.5) is 0 Å². The average Bonchev–Trinajstić information content (AvgIpc) is 2.77. The first-order chi connectivity index (χ1) is 14.9. The Morgan fingerprint density at radius 1 is 1.06 bits per heavy atom. The molecule has 0 heterocycles. The molecule has 0 aromatic heterocycles. The van der Waals surface area contributed by atoms with Crippen LogP contribution in [0.1, 0.15) is 61.5 Å². The number of hydrogen-bond acceptors (Lipinski definition) is 3. The summed E-state index contributed by atoms with van der Waals surface area (Å²) in [5.41, 5.74) is 2.39. The number of hydrogen-bond donors (Lipinski definition) is 1. The van der Waals surface area contributed by atoms with Gasteiger partial charge in [-0.15, -0.1) is 0 Å². The van der Waals surface area contributed by atoms with Crippen LogP contribution in [0.2, 0.25) is 0 Å². The Labute approximate surface area is 188 Å². The highest BCUT2D eigenvalue weighted by Gasteiger charge is 2.36. The van der Waals surface area contributed by atoms with Crippen molar-refractivity contribution in [2.75, 3.05) is 20.1 Å². The lowest BCUT2D eigenvalue weighted by molar-refractivity contribution is -0.132. The van der Waals surface area contributed by atoms with E-state index >= 15 is 0 Å². The van der Waals surface area contributed by atoms with E-state index < -0.39 is 5.54 Å². The molecule has 31 heavy (non-hydrogen) atoms. The number of amides is 1. The minimum atomic E-state index is -0.635. The van der Waals surface area contributed by atoms with E-state index in [9.17, 15) is 9.59 Å². The van der Waals surface area contributed by atoms with E-state index in [2.05, 4.69) is 48.3 Å². The fourth-order valence-corrected chi connectivity index (χ4v) is 3.81. The molecule has 168 valence electrons. The summed E-state index contributed by atoms with van der Waals surface area (Å²) in [5.74, 6) is 0.619. The lowest BCUT2D eigenvalue weighted by atomic mass is 9.89. The van der Waals surface area contributed by atoms with Gasteiger partial charge in [-0.1, -0.05) is 68.4 Å². The molecule has 2 rings (SSSR count). The predicted octanol–water partition coefficient (Wildman–Crippen LogP) is 4.92. The summed E-state index contributed by atoms with van der Waals surface area (Å²) in [6.45, 7) is 7.88. The van der Waals surface area contributed by atoms with Crippen molar-refractivity contribution in [2.45, 2.75) is 58.4 Å². The van der Waals surface area contributed by atoms with Gasteiger partial charge in [0.25, 0.3) is 0 Å². The molecule has 2 aromatic carbocycles. The molecule has 0 bridgehead atoms. The molecule has 1 N–H and O–H groups in total. The molecule has 1 atom stereocenters. The van der Waals surface area contributed by atoms with Crippen LogP contribution in [0, 0.1) is 5.92 Å². The van der Waals surface area contributed by atoms with Crippen molar-refractivity contribution >= 4 is 12.2 Å². The zero-order chi connectivity index (χ0) is 22.7. The Kier molecular flexibility index (Phi) is 9.93. The normalized spacial score (nSPS) is 13.2. The molecular weight excluding hydrogens is 384 g/mol. The molecule has 4 heteroatoms. The van der Waals surface area contributed by atoms with Crippen molar-refractivity contribution in [3.8, 4) is 0 Å². The largest absolute Gasteiger partial charge is 0.354 e. The van der Waals surface area contributed by atoms with Gasteiger partial charge in [0.15, 0.2) is 0 Å². The van der Waals surface area contributed by atoms with Crippen LogP contribution in [0.5, 0.6) is 0 Å². The van der Waals surface area contributed by atoms with Gasteiger partial charge >= 0.3 is 0 Å². The quantitative estimate of drug-likeness (QED) is 0.466. The van der Waals surface area contributed by atoms with Gasteiger partial charge in [-0.25, -0.2) is 0 Å². The number of nitrogens with zero attached hydrogens (tertiary/aromatic N) is 1. The standard InChI is InChI=1S/C27H38N2O2/c1-22(2)17-19-28-26(31)27(3,18-16-24-14-8-9-15-25(24)21-30)29(4)20-10-13-23-11-6-5-7-12-23/h5-9,11-12,14-15,21-22H,10,13,16-20H2,1-4H3,(H,28,31). The van der Waals surface area contributed by atoms with Crippen LogP contribution in [0.25, 0.3) is 0 Å². The molecule has 0 aliphatic heterocycles. The van der Waals surface area contributed by atoms with Gasteiger partial charge in [-0.05, 0) is 69.7 Å². The lowest BCUT2D eigenvalue weighted by Crippen LogP contribution is -2.56. The molecule has 0 saturated carbocycles. The lowest BCUT2D eigenvalue weighted by Gasteiger charge is -2.38. The van der Waals surface area contributed by atoms with Gasteiger partial charge in [0.1, 0.15) is 6.29 Å². The van der Waals surface area contributed by atoms with Crippen LogP contribution < -0.4 is 5.32 Å². The first-order valence-corrected chi connectivity index (χ1v) is 11.4. The molecule has 2 aromatic rings. The molecule has 0 spiro atoms. The number of aryl methyl sites for hydroxylation is 2. The van der Waals surface area contributed by atoms with E-state index in [-0.39, 0.29) is 5.91 Å². The van der Waals surface area contributed by atoms with Crippen molar-refractivity contribution in [3.05, 3.63) is 71.3 Å². The van der Waals surface area contributed by atoms with Crippen molar-refractivity contribution in [1.82, 2.24) is 10.2 Å². The molecule has 0 fully saturated rings. The van der Waals surface area contributed by atoms with E-state index in [4.69, 9.17) is 0 Å². The number of aldehydes is 1. The maximum atomic E-state index is 13.3. The van der Waals surface area contributed by atoms with Crippen LogP contribution in [0.3, 0.4) is 0 Å². The van der Waals surface area contributed by atoms with Gasteiger partial charge in [0.2, 0.25) is 5.91 Å². The molecule has 1 amide bonds.